The van der Waals surface area contributed by atoms with Crippen molar-refractivity contribution in [3.05, 3.63) is 29.5 Å². The molecule has 0 bridgehead atoms. The van der Waals surface area contributed by atoms with Gasteiger partial charge >= 0.3 is 0 Å². The summed E-state index contributed by atoms with van der Waals surface area (Å²) in [5.41, 5.74) is 2.06. The maximum Gasteiger partial charge on any atom is 0.138 e. The first kappa shape index (κ1) is 8.17. The van der Waals surface area contributed by atoms with E-state index in [4.69, 9.17) is 9.15 Å². The molecule has 0 fully saturated rings. The summed E-state index contributed by atoms with van der Waals surface area (Å²) < 4.78 is 10.8. The molecule has 2 rings (SSSR count). The van der Waals surface area contributed by atoms with Crippen LogP contribution in [0.2, 0.25) is 0 Å². The standard InChI is InChI=1S/C11H12O2/c1-7-8(2)13-10-6-4-5-9(12-3)11(7)10/h4-6H,1-3H3. The van der Waals surface area contributed by atoms with Gasteiger partial charge in [-0.25, -0.2) is 0 Å². The van der Waals surface area contributed by atoms with Gasteiger partial charge < -0.3 is 9.15 Å². The summed E-state index contributed by atoms with van der Waals surface area (Å²) in [6.45, 7) is 4.01. The number of rotatable bonds is 1. The Balaban J connectivity index is 2.87. The maximum absolute atomic E-state index is 5.56. The van der Waals surface area contributed by atoms with Gasteiger partial charge in [0, 0.05) is 5.56 Å². The van der Waals surface area contributed by atoms with Crippen molar-refractivity contribution < 1.29 is 9.15 Å². The van der Waals surface area contributed by atoms with Gasteiger partial charge in [-0.3, -0.25) is 0 Å². The first-order valence-corrected chi connectivity index (χ1v) is 4.26. The number of ether oxygens (including phenoxy) is 1. The molecule has 0 N–H and O–H groups in total. The van der Waals surface area contributed by atoms with Gasteiger partial charge in [0.2, 0.25) is 0 Å². The minimum absolute atomic E-state index is 0.881. The molecule has 0 saturated heterocycles. The van der Waals surface area contributed by atoms with Crippen molar-refractivity contribution in [2.75, 3.05) is 7.11 Å². The molecular weight excluding hydrogens is 164 g/mol. The molecule has 2 nitrogen and oxygen atoms in total. The summed E-state index contributed by atoms with van der Waals surface area (Å²) in [6.07, 6.45) is 0. The number of hydrogen-bond acceptors (Lipinski definition) is 2. The van der Waals surface area contributed by atoms with E-state index in [1.165, 1.54) is 0 Å². The minimum Gasteiger partial charge on any atom is -0.496 e. The van der Waals surface area contributed by atoms with E-state index < -0.39 is 0 Å². The van der Waals surface area contributed by atoms with E-state index in [9.17, 15) is 0 Å². The van der Waals surface area contributed by atoms with Gasteiger partial charge in [0.25, 0.3) is 0 Å². The number of methoxy groups -OCH3 is 1. The zero-order valence-corrected chi connectivity index (χ0v) is 8.05. The summed E-state index contributed by atoms with van der Waals surface area (Å²) in [5, 5.41) is 1.09. The first-order valence-electron chi connectivity index (χ1n) is 4.26. The molecule has 0 unspecified atom stereocenters. The van der Waals surface area contributed by atoms with E-state index in [0.717, 1.165) is 28.0 Å². The Morgan fingerprint density at radius 2 is 2.00 bits per heavy atom. The third-order valence-electron chi connectivity index (χ3n) is 2.37. The monoisotopic (exact) mass is 176 g/mol. The predicted octanol–water partition coefficient (Wildman–Crippen LogP) is 3.06. The highest BCUT2D eigenvalue weighted by molar-refractivity contribution is 5.88. The number of furan rings is 1. The van der Waals surface area contributed by atoms with E-state index in [0.29, 0.717) is 0 Å². The highest BCUT2D eigenvalue weighted by Gasteiger charge is 2.10. The van der Waals surface area contributed by atoms with Crippen molar-refractivity contribution >= 4 is 11.0 Å². The second-order valence-electron chi connectivity index (χ2n) is 3.12. The van der Waals surface area contributed by atoms with Gasteiger partial charge in [0.1, 0.15) is 17.1 Å². The Labute approximate surface area is 77.1 Å². The molecule has 0 saturated carbocycles. The lowest BCUT2D eigenvalue weighted by Crippen LogP contribution is -1.83. The molecule has 0 amide bonds. The predicted molar refractivity (Wildman–Crippen MR) is 52.2 cm³/mol. The fraction of sp³-hybridized carbons (Fsp3) is 0.273. The van der Waals surface area contributed by atoms with Crippen LogP contribution >= 0.6 is 0 Å². The lowest BCUT2D eigenvalue weighted by molar-refractivity contribution is 0.419. The Kier molecular flexibility index (Phi) is 1.76. The molecule has 0 aliphatic heterocycles. The van der Waals surface area contributed by atoms with Crippen molar-refractivity contribution in [2.45, 2.75) is 13.8 Å². The largest absolute Gasteiger partial charge is 0.496 e. The lowest BCUT2D eigenvalue weighted by atomic mass is 10.1. The van der Waals surface area contributed by atoms with Crippen LogP contribution in [0.3, 0.4) is 0 Å². The van der Waals surface area contributed by atoms with E-state index in [2.05, 4.69) is 0 Å². The van der Waals surface area contributed by atoms with Crippen molar-refractivity contribution in [1.29, 1.82) is 0 Å². The molecule has 13 heavy (non-hydrogen) atoms. The third kappa shape index (κ3) is 1.10. The topological polar surface area (TPSA) is 22.4 Å². The SMILES string of the molecule is COc1cccc2oc(C)c(C)c12. The second kappa shape index (κ2) is 2.80. The molecule has 2 aromatic rings. The molecular formula is C11H12O2. The highest BCUT2D eigenvalue weighted by atomic mass is 16.5. The van der Waals surface area contributed by atoms with Crippen LogP contribution in [0.5, 0.6) is 5.75 Å². The molecule has 68 valence electrons. The summed E-state index contributed by atoms with van der Waals surface area (Å²) in [5.74, 6) is 1.84. The zero-order chi connectivity index (χ0) is 9.42. The van der Waals surface area contributed by atoms with Crippen LogP contribution in [0.4, 0.5) is 0 Å². The van der Waals surface area contributed by atoms with E-state index >= 15 is 0 Å². The van der Waals surface area contributed by atoms with Gasteiger partial charge in [-0.2, -0.15) is 0 Å². The number of fused-ring (bicyclic) bond motifs is 1. The zero-order valence-electron chi connectivity index (χ0n) is 8.05. The Bertz CT molecular complexity index is 441. The van der Waals surface area contributed by atoms with Gasteiger partial charge in [-0.15, -0.1) is 0 Å². The molecule has 0 aliphatic carbocycles. The van der Waals surface area contributed by atoms with E-state index in [-0.39, 0.29) is 0 Å². The molecule has 2 heteroatoms. The quantitative estimate of drug-likeness (QED) is 0.666. The Morgan fingerprint density at radius 1 is 1.23 bits per heavy atom. The van der Waals surface area contributed by atoms with Gasteiger partial charge in [0.05, 0.1) is 12.5 Å². The van der Waals surface area contributed by atoms with Crippen molar-refractivity contribution in [3.8, 4) is 5.75 Å². The van der Waals surface area contributed by atoms with Crippen molar-refractivity contribution in [2.24, 2.45) is 0 Å². The number of benzene rings is 1. The smallest absolute Gasteiger partial charge is 0.138 e. The summed E-state index contributed by atoms with van der Waals surface area (Å²) in [6, 6.07) is 5.84. The minimum atomic E-state index is 0.881. The first-order chi connectivity index (χ1) is 6.24. The number of aryl methyl sites for hydroxylation is 2. The fourth-order valence-electron chi connectivity index (χ4n) is 1.55. The fourth-order valence-corrected chi connectivity index (χ4v) is 1.55. The van der Waals surface area contributed by atoms with Gasteiger partial charge in [0.15, 0.2) is 0 Å². The summed E-state index contributed by atoms with van der Waals surface area (Å²) in [7, 11) is 1.68. The van der Waals surface area contributed by atoms with Crippen LogP contribution < -0.4 is 4.74 Å². The molecule has 0 atom stereocenters. The van der Waals surface area contributed by atoms with E-state index in [1.54, 1.807) is 7.11 Å². The van der Waals surface area contributed by atoms with Crippen molar-refractivity contribution in [1.82, 2.24) is 0 Å². The highest BCUT2D eigenvalue weighted by Crippen LogP contribution is 2.32. The van der Waals surface area contributed by atoms with Gasteiger partial charge in [-0.05, 0) is 26.0 Å². The van der Waals surface area contributed by atoms with E-state index in [1.807, 2.05) is 32.0 Å². The third-order valence-corrected chi connectivity index (χ3v) is 2.37. The van der Waals surface area contributed by atoms with Crippen LogP contribution in [0.1, 0.15) is 11.3 Å². The molecule has 1 aromatic heterocycles. The summed E-state index contributed by atoms with van der Waals surface area (Å²) >= 11 is 0. The van der Waals surface area contributed by atoms with Crippen LogP contribution in [0.25, 0.3) is 11.0 Å². The van der Waals surface area contributed by atoms with Crippen LogP contribution in [-0.4, -0.2) is 7.11 Å². The molecule has 1 heterocycles. The number of hydrogen-bond donors (Lipinski definition) is 0. The molecule has 1 aromatic carbocycles. The maximum atomic E-state index is 5.56. The van der Waals surface area contributed by atoms with Crippen LogP contribution in [-0.2, 0) is 0 Å². The lowest BCUT2D eigenvalue weighted by Gasteiger charge is -2.00. The molecule has 0 spiro atoms. The van der Waals surface area contributed by atoms with Crippen molar-refractivity contribution in [3.63, 3.8) is 0 Å². The van der Waals surface area contributed by atoms with Crippen LogP contribution in [0, 0.1) is 13.8 Å². The average molecular weight is 176 g/mol. The molecule has 0 radical (unpaired) electrons. The molecule has 0 aliphatic rings. The van der Waals surface area contributed by atoms with Gasteiger partial charge in [-0.1, -0.05) is 6.07 Å². The second-order valence-corrected chi connectivity index (χ2v) is 3.12. The summed E-state index contributed by atoms with van der Waals surface area (Å²) in [4.78, 5) is 0. The van der Waals surface area contributed by atoms with Crippen LogP contribution in [0.15, 0.2) is 22.6 Å². The normalized spacial score (nSPS) is 10.7. The average Bonchev–Trinajstić information content (AvgIpc) is 2.43. The Morgan fingerprint density at radius 3 is 2.69 bits per heavy atom. The Hall–Kier alpha value is -1.44.